The van der Waals surface area contributed by atoms with Crippen LogP contribution in [-0.2, 0) is 9.53 Å². The maximum Gasteiger partial charge on any atom is 0.246 e. The molecule has 0 aliphatic heterocycles. The van der Waals surface area contributed by atoms with Crippen molar-refractivity contribution in [2.45, 2.75) is 13.0 Å². The first-order chi connectivity index (χ1) is 7.24. The van der Waals surface area contributed by atoms with Gasteiger partial charge in [0.15, 0.2) is 0 Å². The highest BCUT2D eigenvalue weighted by atomic mass is 32.1. The average molecular weight is 229 g/mol. The van der Waals surface area contributed by atoms with Gasteiger partial charge in [-0.05, 0) is 29.3 Å². The molecule has 1 heterocycles. The van der Waals surface area contributed by atoms with Crippen LogP contribution in [-0.4, -0.2) is 30.8 Å². The van der Waals surface area contributed by atoms with Crippen molar-refractivity contribution in [3.8, 4) is 0 Å². The van der Waals surface area contributed by atoms with Crippen LogP contribution in [0.1, 0.15) is 18.6 Å². The lowest BCUT2D eigenvalue weighted by Crippen LogP contribution is -2.31. The highest BCUT2D eigenvalue weighted by Gasteiger charge is 2.09. The third kappa shape index (κ3) is 4.42. The van der Waals surface area contributed by atoms with Gasteiger partial charge in [-0.1, -0.05) is 0 Å². The minimum absolute atomic E-state index is 0.0485. The zero-order valence-corrected chi connectivity index (χ0v) is 9.42. The van der Waals surface area contributed by atoms with E-state index in [0.29, 0.717) is 6.61 Å². The molecule has 0 aliphatic rings. The molecule has 0 aromatic carbocycles. The van der Waals surface area contributed by atoms with Crippen LogP contribution in [0.4, 0.5) is 0 Å². The number of carbonyl (C=O) groups is 1. The standard InChI is InChI=1S/C10H15NO3S/c1-2-14-6-10(13)11-5-9(12)8-3-4-15-7-8/h3-4,7,9,12H,2,5-6H2,1H3,(H,11,13). The van der Waals surface area contributed by atoms with E-state index < -0.39 is 6.10 Å². The van der Waals surface area contributed by atoms with Crippen molar-refractivity contribution in [1.29, 1.82) is 0 Å². The van der Waals surface area contributed by atoms with E-state index >= 15 is 0 Å². The second-order valence-corrected chi connectivity index (χ2v) is 3.79. The van der Waals surface area contributed by atoms with Gasteiger partial charge < -0.3 is 15.2 Å². The highest BCUT2D eigenvalue weighted by Crippen LogP contribution is 2.14. The Morgan fingerprint density at radius 3 is 3.13 bits per heavy atom. The number of ether oxygens (including phenoxy) is 1. The lowest BCUT2D eigenvalue weighted by atomic mass is 10.2. The molecule has 0 saturated heterocycles. The van der Waals surface area contributed by atoms with Crippen LogP contribution >= 0.6 is 11.3 Å². The summed E-state index contributed by atoms with van der Waals surface area (Å²) < 4.78 is 4.93. The maximum absolute atomic E-state index is 11.1. The fourth-order valence-corrected chi connectivity index (χ4v) is 1.75. The smallest absolute Gasteiger partial charge is 0.246 e. The number of aliphatic hydroxyl groups excluding tert-OH is 1. The summed E-state index contributed by atoms with van der Waals surface area (Å²) in [5.74, 6) is -0.203. The molecule has 0 saturated carbocycles. The Morgan fingerprint density at radius 2 is 2.53 bits per heavy atom. The van der Waals surface area contributed by atoms with Crippen molar-refractivity contribution in [3.63, 3.8) is 0 Å². The number of rotatable bonds is 6. The number of amides is 1. The summed E-state index contributed by atoms with van der Waals surface area (Å²) in [6.45, 7) is 2.61. The van der Waals surface area contributed by atoms with Crippen molar-refractivity contribution < 1.29 is 14.6 Å². The van der Waals surface area contributed by atoms with E-state index in [-0.39, 0.29) is 19.1 Å². The zero-order valence-electron chi connectivity index (χ0n) is 8.60. The molecule has 15 heavy (non-hydrogen) atoms. The molecule has 0 aliphatic carbocycles. The molecule has 1 unspecified atom stereocenters. The summed E-state index contributed by atoms with van der Waals surface area (Å²) in [5, 5.41) is 16.0. The number of hydrogen-bond donors (Lipinski definition) is 2. The number of nitrogens with one attached hydrogen (secondary N) is 1. The van der Waals surface area contributed by atoms with Crippen LogP contribution in [0.3, 0.4) is 0 Å². The summed E-state index contributed by atoms with van der Waals surface area (Å²) in [6.07, 6.45) is -0.637. The predicted octanol–water partition coefficient (Wildman–Crippen LogP) is 0.934. The van der Waals surface area contributed by atoms with Crippen molar-refractivity contribution in [2.75, 3.05) is 19.8 Å². The number of hydrogen-bond acceptors (Lipinski definition) is 4. The minimum atomic E-state index is -0.637. The number of aliphatic hydroxyl groups is 1. The molecule has 84 valence electrons. The Balaban J connectivity index is 2.22. The second-order valence-electron chi connectivity index (χ2n) is 3.01. The quantitative estimate of drug-likeness (QED) is 0.763. The maximum atomic E-state index is 11.1. The molecule has 0 fully saturated rings. The Kier molecular flexibility index (Phi) is 5.31. The van der Waals surface area contributed by atoms with E-state index in [1.54, 1.807) is 0 Å². The Bertz CT molecular complexity index is 287. The molecular formula is C10H15NO3S. The van der Waals surface area contributed by atoms with E-state index in [9.17, 15) is 9.90 Å². The molecule has 4 nitrogen and oxygen atoms in total. The van der Waals surface area contributed by atoms with Crippen LogP contribution < -0.4 is 5.32 Å². The first-order valence-electron chi connectivity index (χ1n) is 4.78. The van der Waals surface area contributed by atoms with E-state index in [2.05, 4.69) is 5.32 Å². The second kappa shape index (κ2) is 6.55. The van der Waals surface area contributed by atoms with Crippen molar-refractivity contribution in [2.24, 2.45) is 0 Å². The molecule has 5 heteroatoms. The van der Waals surface area contributed by atoms with Crippen LogP contribution in [0.25, 0.3) is 0 Å². The normalized spacial score (nSPS) is 12.4. The summed E-state index contributed by atoms with van der Waals surface area (Å²) in [4.78, 5) is 11.1. The van der Waals surface area contributed by atoms with E-state index in [4.69, 9.17) is 4.74 Å². The van der Waals surface area contributed by atoms with Crippen molar-refractivity contribution >= 4 is 17.2 Å². The topological polar surface area (TPSA) is 58.6 Å². The van der Waals surface area contributed by atoms with Crippen LogP contribution in [0.15, 0.2) is 16.8 Å². The van der Waals surface area contributed by atoms with Crippen LogP contribution in [0.2, 0.25) is 0 Å². The fraction of sp³-hybridized carbons (Fsp3) is 0.500. The third-order valence-electron chi connectivity index (χ3n) is 1.86. The summed E-state index contributed by atoms with van der Waals surface area (Å²) >= 11 is 1.52. The van der Waals surface area contributed by atoms with Gasteiger partial charge >= 0.3 is 0 Å². The average Bonchev–Trinajstić information content (AvgIpc) is 2.76. The van der Waals surface area contributed by atoms with Gasteiger partial charge in [0.2, 0.25) is 5.91 Å². The molecule has 1 aromatic rings. The number of thiophene rings is 1. The highest BCUT2D eigenvalue weighted by molar-refractivity contribution is 7.07. The SMILES string of the molecule is CCOCC(=O)NCC(O)c1ccsc1. The van der Waals surface area contributed by atoms with E-state index in [1.807, 2.05) is 23.8 Å². The largest absolute Gasteiger partial charge is 0.387 e. The van der Waals surface area contributed by atoms with Gasteiger partial charge in [0.1, 0.15) is 6.61 Å². The van der Waals surface area contributed by atoms with Crippen LogP contribution in [0, 0.1) is 0 Å². The van der Waals surface area contributed by atoms with Gasteiger partial charge in [0.05, 0.1) is 6.10 Å². The van der Waals surface area contributed by atoms with Crippen molar-refractivity contribution in [3.05, 3.63) is 22.4 Å². The molecule has 2 N–H and O–H groups in total. The lowest BCUT2D eigenvalue weighted by molar-refractivity contribution is -0.126. The third-order valence-corrected chi connectivity index (χ3v) is 2.56. The first-order valence-corrected chi connectivity index (χ1v) is 5.73. The lowest BCUT2D eigenvalue weighted by Gasteiger charge is -2.10. The molecule has 1 atom stereocenters. The van der Waals surface area contributed by atoms with Gasteiger partial charge in [-0.3, -0.25) is 4.79 Å². The molecule has 0 radical (unpaired) electrons. The van der Waals surface area contributed by atoms with Gasteiger partial charge in [-0.2, -0.15) is 11.3 Å². The van der Waals surface area contributed by atoms with E-state index in [1.165, 1.54) is 11.3 Å². The van der Waals surface area contributed by atoms with Crippen LogP contribution in [0.5, 0.6) is 0 Å². The van der Waals surface area contributed by atoms with Gasteiger partial charge in [0.25, 0.3) is 0 Å². The Hall–Kier alpha value is -0.910. The molecular weight excluding hydrogens is 214 g/mol. The summed E-state index contributed by atoms with van der Waals surface area (Å²) in [6, 6.07) is 1.84. The molecule has 0 bridgehead atoms. The molecule has 1 amide bonds. The Morgan fingerprint density at radius 1 is 1.73 bits per heavy atom. The van der Waals surface area contributed by atoms with Gasteiger partial charge in [-0.15, -0.1) is 0 Å². The van der Waals surface area contributed by atoms with Gasteiger partial charge in [-0.25, -0.2) is 0 Å². The number of carbonyl (C=O) groups excluding carboxylic acids is 1. The summed E-state index contributed by atoms with van der Waals surface area (Å²) in [5.41, 5.74) is 0.830. The first kappa shape index (κ1) is 12.2. The minimum Gasteiger partial charge on any atom is -0.387 e. The van der Waals surface area contributed by atoms with Gasteiger partial charge in [0, 0.05) is 13.2 Å². The molecule has 0 spiro atoms. The Labute approximate surface area is 92.9 Å². The predicted molar refractivity (Wildman–Crippen MR) is 58.8 cm³/mol. The fourth-order valence-electron chi connectivity index (χ4n) is 1.04. The monoisotopic (exact) mass is 229 g/mol. The zero-order chi connectivity index (χ0) is 11.1. The van der Waals surface area contributed by atoms with Crippen molar-refractivity contribution in [1.82, 2.24) is 5.32 Å². The van der Waals surface area contributed by atoms with E-state index in [0.717, 1.165) is 5.56 Å². The molecule has 1 aromatic heterocycles. The molecule has 1 rings (SSSR count). The summed E-state index contributed by atoms with van der Waals surface area (Å²) in [7, 11) is 0.